The second-order valence-electron chi connectivity index (χ2n) is 0.408. The molecule has 1 unspecified atom stereocenters. The average molecular weight is 160 g/mol. The van der Waals surface area contributed by atoms with Crippen LogP contribution in [-0.4, -0.2) is 6.16 Å². The zero-order valence-electron chi connectivity index (χ0n) is 3.40. The van der Waals surface area contributed by atoms with E-state index in [1.165, 1.54) is 6.16 Å². The Morgan fingerprint density at radius 2 is 1.60 bits per heavy atom. The molecular formula is C2H11BrNP. The summed E-state index contributed by atoms with van der Waals surface area (Å²) >= 11 is 0. The summed E-state index contributed by atoms with van der Waals surface area (Å²) in [4.78, 5) is 0. The van der Waals surface area contributed by atoms with E-state index in [0.717, 1.165) is 0 Å². The van der Waals surface area contributed by atoms with Gasteiger partial charge in [0.05, 0.1) is 0 Å². The molecule has 3 N–H and O–H groups in total. The molecule has 0 bridgehead atoms. The first-order chi connectivity index (χ1) is 1.41. The van der Waals surface area contributed by atoms with Crippen molar-refractivity contribution in [2.45, 2.75) is 6.92 Å². The lowest BCUT2D eigenvalue weighted by atomic mass is 11.0. The summed E-state index contributed by atoms with van der Waals surface area (Å²) in [5.41, 5.74) is 0. The molecule has 0 aromatic carbocycles. The summed E-state index contributed by atoms with van der Waals surface area (Å²) in [6.07, 6.45) is 1.17. The Kier molecular flexibility index (Phi) is 70.5. The average Bonchev–Trinajstić information content (AvgIpc) is 0.918. The third-order valence-corrected chi connectivity index (χ3v) is 0. The van der Waals surface area contributed by atoms with Crippen LogP contribution in [0.2, 0.25) is 0 Å². The molecule has 0 rings (SSSR count). The van der Waals surface area contributed by atoms with Crippen molar-refractivity contribution in [3.8, 4) is 0 Å². The Morgan fingerprint density at radius 1 is 1.60 bits per heavy atom. The normalized spacial score (nSPS) is 3.60. The van der Waals surface area contributed by atoms with Crippen molar-refractivity contribution in [2.75, 3.05) is 6.16 Å². The largest absolute Gasteiger partial charge is 0.344 e. The van der Waals surface area contributed by atoms with Crippen molar-refractivity contribution >= 4 is 26.2 Å². The number of rotatable bonds is 0. The number of hydrogen-bond acceptors (Lipinski definition) is 1. The Morgan fingerprint density at radius 3 is 1.60 bits per heavy atom. The predicted octanol–water partition coefficient (Wildman–Crippen LogP) is 1.62. The van der Waals surface area contributed by atoms with E-state index in [9.17, 15) is 0 Å². The van der Waals surface area contributed by atoms with Gasteiger partial charge >= 0.3 is 0 Å². The maximum Gasteiger partial charge on any atom is -0.0410 e. The van der Waals surface area contributed by atoms with Gasteiger partial charge in [0.1, 0.15) is 0 Å². The molecule has 0 aliphatic rings. The van der Waals surface area contributed by atoms with E-state index in [1.54, 1.807) is 0 Å². The van der Waals surface area contributed by atoms with Crippen LogP contribution >= 0.6 is 26.2 Å². The second kappa shape index (κ2) is 20.9. The van der Waals surface area contributed by atoms with Gasteiger partial charge in [-0.1, -0.05) is 6.92 Å². The molecule has 0 saturated carbocycles. The lowest BCUT2D eigenvalue weighted by Gasteiger charge is -1.48. The maximum absolute atomic E-state index is 2.58. The summed E-state index contributed by atoms with van der Waals surface area (Å²) in [5, 5.41) is 0. The van der Waals surface area contributed by atoms with Crippen molar-refractivity contribution in [1.29, 1.82) is 0 Å². The SMILES string of the molecule is Br.CCP.N. The van der Waals surface area contributed by atoms with E-state index in [-0.39, 0.29) is 23.1 Å². The van der Waals surface area contributed by atoms with Gasteiger partial charge in [0.2, 0.25) is 0 Å². The van der Waals surface area contributed by atoms with Gasteiger partial charge in [0.15, 0.2) is 0 Å². The van der Waals surface area contributed by atoms with Gasteiger partial charge in [-0.3, -0.25) is 0 Å². The van der Waals surface area contributed by atoms with Crippen LogP contribution in [-0.2, 0) is 0 Å². The van der Waals surface area contributed by atoms with Gasteiger partial charge in [-0.05, 0) is 6.16 Å². The fourth-order valence-corrected chi connectivity index (χ4v) is 0. The van der Waals surface area contributed by atoms with Gasteiger partial charge in [-0.2, -0.15) is 0 Å². The summed E-state index contributed by atoms with van der Waals surface area (Å²) in [7, 11) is 2.58. The molecule has 0 amide bonds. The van der Waals surface area contributed by atoms with Gasteiger partial charge in [-0.25, -0.2) is 0 Å². The minimum absolute atomic E-state index is 0. The highest BCUT2D eigenvalue weighted by Gasteiger charge is 1.35. The highest BCUT2D eigenvalue weighted by atomic mass is 79.9. The van der Waals surface area contributed by atoms with Crippen molar-refractivity contribution in [3.05, 3.63) is 0 Å². The molecule has 0 fully saturated rings. The van der Waals surface area contributed by atoms with Crippen molar-refractivity contribution in [1.82, 2.24) is 6.15 Å². The molecule has 5 heavy (non-hydrogen) atoms. The van der Waals surface area contributed by atoms with Crippen LogP contribution < -0.4 is 6.15 Å². The fourth-order valence-electron chi connectivity index (χ4n) is 0. The van der Waals surface area contributed by atoms with E-state index in [4.69, 9.17) is 0 Å². The monoisotopic (exact) mass is 159 g/mol. The van der Waals surface area contributed by atoms with Crippen LogP contribution in [0.25, 0.3) is 0 Å². The molecule has 0 heterocycles. The van der Waals surface area contributed by atoms with Crippen molar-refractivity contribution in [2.24, 2.45) is 0 Å². The maximum atomic E-state index is 2.58. The highest BCUT2D eigenvalue weighted by molar-refractivity contribution is 8.93. The molecule has 0 aliphatic heterocycles. The first-order valence-electron chi connectivity index (χ1n) is 1.12. The third-order valence-electron chi connectivity index (χ3n) is 0. The molecule has 0 aromatic rings. The first-order valence-corrected chi connectivity index (χ1v) is 1.93. The van der Waals surface area contributed by atoms with Crippen LogP contribution in [0.3, 0.4) is 0 Å². The summed E-state index contributed by atoms with van der Waals surface area (Å²) in [6.45, 7) is 2.09. The lowest BCUT2D eigenvalue weighted by molar-refractivity contribution is 1.53. The fraction of sp³-hybridized carbons (Fsp3) is 1.00. The molecule has 36 valence electrons. The highest BCUT2D eigenvalue weighted by Crippen LogP contribution is 1.68. The van der Waals surface area contributed by atoms with E-state index < -0.39 is 0 Å². The number of hydrogen-bond donors (Lipinski definition) is 1. The smallest absolute Gasteiger partial charge is 0.0410 e. The van der Waals surface area contributed by atoms with Gasteiger partial charge in [-0.15, -0.1) is 26.2 Å². The molecule has 0 saturated heterocycles. The molecular weight excluding hydrogens is 149 g/mol. The lowest BCUT2D eigenvalue weighted by Crippen LogP contribution is -1.33. The van der Waals surface area contributed by atoms with Crippen LogP contribution in [0.15, 0.2) is 0 Å². The Balaban J connectivity index is -0.0000000200. The Labute approximate surface area is 46.1 Å². The molecule has 3 heteroatoms. The topological polar surface area (TPSA) is 35.0 Å². The Hall–Kier alpha value is 0.870. The number of halogens is 1. The first kappa shape index (κ1) is 16.9. The minimum Gasteiger partial charge on any atom is -0.344 e. The summed E-state index contributed by atoms with van der Waals surface area (Å²) in [5.74, 6) is 0. The molecule has 0 radical (unpaired) electrons. The van der Waals surface area contributed by atoms with E-state index in [0.29, 0.717) is 0 Å². The van der Waals surface area contributed by atoms with Crippen LogP contribution in [0, 0.1) is 0 Å². The van der Waals surface area contributed by atoms with E-state index in [1.807, 2.05) is 0 Å². The van der Waals surface area contributed by atoms with E-state index in [2.05, 4.69) is 16.2 Å². The quantitative estimate of drug-likeness (QED) is 0.537. The van der Waals surface area contributed by atoms with Crippen LogP contribution in [0.5, 0.6) is 0 Å². The van der Waals surface area contributed by atoms with E-state index >= 15 is 0 Å². The second-order valence-corrected chi connectivity index (χ2v) is 1.22. The van der Waals surface area contributed by atoms with Gasteiger partial charge in [0, 0.05) is 0 Å². The van der Waals surface area contributed by atoms with Crippen LogP contribution in [0.1, 0.15) is 6.92 Å². The zero-order chi connectivity index (χ0) is 2.71. The van der Waals surface area contributed by atoms with Crippen LogP contribution in [0.4, 0.5) is 0 Å². The predicted molar refractivity (Wildman–Crippen MR) is 35.6 cm³/mol. The Bertz CT molecular complexity index is 9.61. The third kappa shape index (κ3) is 53.0. The molecule has 0 aliphatic carbocycles. The molecule has 1 nitrogen and oxygen atoms in total. The standard InChI is InChI=1S/C2H7P.BrH.H3N/c1-2-3;;/h2-3H2,1H3;1H;1H3. The summed E-state index contributed by atoms with van der Waals surface area (Å²) in [6, 6.07) is 0. The zero-order valence-corrected chi connectivity index (χ0v) is 6.27. The van der Waals surface area contributed by atoms with Gasteiger partial charge < -0.3 is 6.15 Å². The van der Waals surface area contributed by atoms with Crippen molar-refractivity contribution in [3.63, 3.8) is 0 Å². The van der Waals surface area contributed by atoms with Crippen molar-refractivity contribution < 1.29 is 0 Å². The minimum atomic E-state index is 0. The van der Waals surface area contributed by atoms with Gasteiger partial charge in [0.25, 0.3) is 0 Å². The molecule has 0 aromatic heterocycles. The molecule has 0 spiro atoms. The summed E-state index contributed by atoms with van der Waals surface area (Å²) < 4.78 is 0. The molecule has 1 atom stereocenters.